The number of thioether (sulfide) groups is 1. The van der Waals surface area contributed by atoms with E-state index in [0.29, 0.717) is 44.2 Å². The quantitative estimate of drug-likeness (QED) is 0.255. The lowest BCUT2D eigenvalue weighted by atomic mass is 9.93. The fraction of sp³-hybridized carbons (Fsp3) is 0.375. The molecule has 2 atom stereocenters. The van der Waals surface area contributed by atoms with Gasteiger partial charge in [0, 0.05) is 18.6 Å². The van der Waals surface area contributed by atoms with E-state index in [1.54, 1.807) is 17.8 Å². The van der Waals surface area contributed by atoms with Crippen LogP contribution in [0, 0.1) is 6.92 Å². The number of hydrogen-bond acceptors (Lipinski definition) is 6. The third kappa shape index (κ3) is 7.44. The number of carbonyl (C=O) groups is 2. The molecular formula is C32H37NO6S. The topological polar surface area (TPSA) is 94.1 Å². The van der Waals surface area contributed by atoms with Crippen LogP contribution in [-0.2, 0) is 27.3 Å². The van der Waals surface area contributed by atoms with Gasteiger partial charge in [-0.1, -0.05) is 42.5 Å². The summed E-state index contributed by atoms with van der Waals surface area (Å²) in [4.78, 5) is 25.1. The number of hydrogen-bond donors (Lipinski definition) is 2. The van der Waals surface area contributed by atoms with Gasteiger partial charge in [0.1, 0.15) is 17.9 Å². The van der Waals surface area contributed by atoms with Crippen molar-refractivity contribution in [2.75, 3.05) is 31.8 Å². The normalized spacial score (nSPS) is 13.8. The van der Waals surface area contributed by atoms with Crippen molar-refractivity contribution in [3.05, 3.63) is 88.5 Å². The third-order valence-electron chi connectivity index (χ3n) is 6.99. The Morgan fingerprint density at radius 2 is 1.93 bits per heavy atom. The average Bonchev–Trinajstić information content (AvgIpc) is 3.43. The summed E-state index contributed by atoms with van der Waals surface area (Å²) in [7, 11) is 0. The fourth-order valence-electron chi connectivity index (χ4n) is 4.75. The number of carboxylic acids is 1. The number of ether oxygens (including phenoxy) is 3. The second kappa shape index (κ2) is 14.3. The Morgan fingerprint density at radius 1 is 1.10 bits per heavy atom. The maximum Gasteiger partial charge on any atom is 0.326 e. The summed E-state index contributed by atoms with van der Waals surface area (Å²) in [5.74, 6) is 0.0861. The minimum absolute atomic E-state index is 0.285. The van der Waals surface area contributed by atoms with Crippen molar-refractivity contribution in [2.45, 2.75) is 45.4 Å². The lowest BCUT2D eigenvalue weighted by Crippen LogP contribution is -2.41. The number of carboxylic acid groups (broad SMARTS) is 1. The highest BCUT2D eigenvalue weighted by atomic mass is 32.2. The van der Waals surface area contributed by atoms with E-state index in [4.69, 9.17) is 14.2 Å². The maximum absolute atomic E-state index is 13.4. The summed E-state index contributed by atoms with van der Waals surface area (Å²) >= 11 is 1.55. The standard InChI is InChI=1S/C32H37NO6S/c1-4-37-20-30(24-11-10-23-13-15-38-29(23)18-24)39-19-22-9-12-26(27(17-22)25-8-6-5-7-21(25)2)31(34)33-28(32(35)36)14-16-40-3/h5-12,17-18,28,30H,4,13-16,19-20H2,1-3H3,(H,33,34)(H,35,36)/t28-,30-/m0/s1. The summed E-state index contributed by atoms with van der Waals surface area (Å²) in [6.07, 6.45) is 2.89. The SMILES string of the molecule is CCOC[C@H](OCc1ccc(C(=O)N[C@@H](CCSC)C(=O)O)c(-c2ccccc2C)c1)c1ccc2c(c1)OCC2. The number of aliphatic carboxylic acids is 1. The van der Waals surface area contributed by atoms with Crippen LogP contribution in [0.4, 0.5) is 0 Å². The molecule has 40 heavy (non-hydrogen) atoms. The minimum atomic E-state index is -1.04. The van der Waals surface area contributed by atoms with Crippen LogP contribution in [-0.4, -0.2) is 54.9 Å². The zero-order valence-corrected chi connectivity index (χ0v) is 24.1. The van der Waals surface area contributed by atoms with Gasteiger partial charge < -0.3 is 24.6 Å². The molecule has 1 heterocycles. The predicted molar refractivity (Wildman–Crippen MR) is 158 cm³/mol. The Kier molecular flexibility index (Phi) is 10.6. The lowest BCUT2D eigenvalue weighted by Gasteiger charge is -2.20. The van der Waals surface area contributed by atoms with E-state index in [-0.39, 0.29) is 6.10 Å². The molecule has 3 aromatic rings. The molecule has 0 saturated heterocycles. The Labute approximate surface area is 240 Å². The van der Waals surface area contributed by atoms with Crippen molar-refractivity contribution in [3.63, 3.8) is 0 Å². The van der Waals surface area contributed by atoms with Crippen LogP contribution in [0.2, 0.25) is 0 Å². The molecule has 0 fully saturated rings. The Morgan fingerprint density at radius 3 is 2.67 bits per heavy atom. The first-order valence-electron chi connectivity index (χ1n) is 13.6. The number of nitrogens with one attached hydrogen (secondary N) is 1. The second-order valence-electron chi connectivity index (χ2n) is 9.77. The van der Waals surface area contributed by atoms with E-state index in [1.807, 2.05) is 62.6 Å². The van der Waals surface area contributed by atoms with Crippen LogP contribution in [0.15, 0.2) is 60.7 Å². The molecule has 0 unspecified atom stereocenters. The molecule has 4 rings (SSSR count). The molecule has 0 saturated carbocycles. The van der Waals surface area contributed by atoms with Gasteiger partial charge >= 0.3 is 5.97 Å². The van der Waals surface area contributed by atoms with E-state index in [2.05, 4.69) is 17.4 Å². The number of aryl methyl sites for hydroxylation is 1. The maximum atomic E-state index is 13.4. The van der Waals surface area contributed by atoms with E-state index < -0.39 is 17.9 Å². The van der Waals surface area contributed by atoms with E-state index in [1.165, 1.54) is 5.56 Å². The molecule has 0 spiro atoms. The van der Waals surface area contributed by atoms with Crippen LogP contribution in [0.3, 0.4) is 0 Å². The van der Waals surface area contributed by atoms with Gasteiger partial charge in [-0.2, -0.15) is 11.8 Å². The molecule has 212 valence electrons. The second-order valence-corrected chi connectivity index (χ2v) is 10.8. The first-order chi connectivity index (χ1) is 19.4. The highest BCUT2D eigenvalue weighted by Crippen LogP contribution is 2.32. The van der Waals surface area contributed by atoms with E-state index in [9.17, 15) is 14.7 Å². The number of rotatable bonds is 14. The number of fused-ring (bicyclic) bond motifs is 1. The average molecular weight is 564 g/mol. The van der Waals surface area contributed by atoms with Crippen LogP contribution in [0.25, 0.3) is 11.1 Å². The first kappa shape index (κ1) is 29.6. The molecule has 1 amide bonds. The van der Waals surface area contributed by atoms with Gasteiger partial charge in [-0.05, 0) is 83.9 Å². The summed E-state index contributed by atoms with van der Waals surface area (Å²) in [6.45, 7) is 5.94. The molecule has 0 bridgehead atoms. The molecule has 2 N–H and O–H groups in total. The van der Waals surface area contributed by atoms with Gasteiger partial charge in [0.05, 0.1) is 19.8 Å². The predicted octanol–water partition coefficient (Wildman–Crippen LogP) is 5.83. The van der Waals surface area contributed by atoms with E-state index in [0.717, 1.165) is 40.0 Å². The van der Waals surface area contributed by atoms with Crippen molar-refractivity contribution in [2.24, 2.45) is 0 Å². The monoisotopic (exact) mass is 563 g/mol. The minimum Gasteiger partial charge on any atom is -0.493 e. The first-order valence-corrected chi connectivity index (χ1v) is 15.0. The Bertz CT molecular complexity index is 1330. The Balaban J connectivity index is 1.60. The molecule has 1 aliphatic heterocycles. The van der Waals surface area contributed by atoms with Gasteiger partial charge in [0.2, 0.25) is 0 Å². The Hall–Kier alpha value is -3.33. The number of carbonyl (C=O) groups excluding carboxylic acids is 1. The zero-order chi connectivity index (χ0) is 28.5. The molecule has 0 aliphatic carbocycles. The summed E-state index contributed by atoms with van der Waals surface area (Å²) in [5.41, 5.74) is 6.17. The fourth-order valence-corrected chi connectivity index (χ4v) is 5.22. The highest BCUT2D eigenvalue weighted by molar-refractivity contribution is 7.98. The van der Waals surface area contributed by atoms with Crippen LogP contribution >= 0.6 is 11.8 Å². The van der Waals surface area contributed by atoms with Crippen LogP contribution in [0.1, 0.15) is 52.1 Å². The largest absolute Gasteiger partial charge is 0.493 e. The smallest absolute Gasteiger partial charge is 0.326 e. The lowest BCUT2D eigenvalue weighted by molar-refractivity contribution is -0.139. The third-order valence-corrected chi connectivity index (χ3v) is 7.64. The highest BCUT2D eigenvalue weighted by Gasteiger charge is 2.23. The van der Waals surface area contributed by atoms with Gasteiger partial charge in [-0.15, -0.1) is 0 Å². The molecule has 7 nitrogen and oxygen atoms in total. The molecule has 8 heteroatoms. The van der Waals surface area contributed by atoms with Gasteiger partial charge in [0.15, 0.2) is 0 Å². The molecule has 3 aromatic carbocycles. The van der Waals surface area contributed by atoms with Gasteiger partial charge in [-0.25, -0.2) is 4.79 Å². The molecule has 1 aliphatic rings. The molecule has 0 aromatic heterocycles. The van der Waals surface area contributed by atoms with Crippen LogP contribution < -0.4 is 10.1 Å². The number of benzene rings is 3. The van der Waals surface area contributed by atoms with Crippen molar-refractivity contribution in [1.82, 2.24) is 5.32 Å². The molecule has 0 radical (unpaired) electrons. The van der Waals surface area contributed by atoms with Crippen molar-refractivity contribution >= 4 is 23.6 Å². The summed E-state index contributed by atoms with van der Waals surface area (Å²) < 4.78 is 17.9. The number of amides is 1. The van der Waals surface area contributed by atoms with E-state index >= 15 is 0 Å². The summed E-state index contributed by atoms with van der Waals surface area (Å²) in [6, 6.07) is 18.7. The zero-order valence-electron chi connectivity index (χ0n) is 23.3. The van der Waals surface area contributed by atoms with Gasteiger partial charge in [-0.3, -0.25) is 4.79 Å². The van der Waals surface area contributed by atoms with Crippen molar-refractivity contribution in [1.29, 1.82) is 0 Å². The van der Waals surface area contributed by atoms with Crippen molar-refractivity contribution in [3.8, 4) is 16.9 Å². The molecular weight excluding hydrogens is 526 g/mol. The summed E-state index contributed by atoms with van der Waals surface area (Å²) in [5, 5.41) is 12.4. The van der Waals surface area contributed by atoms with Crippen molar-refractivity contribution < 1.29 is 28.9 Å². The van der Waals surface area contributed by atoms with Crippen LogP contribution in [0.5, 0.6) is 5.75 Å². The van der Waals surface area contributed by atoms with Gasteiger partial charge in [0.25, 0.3) is 5.91 Å².